The lowest BCUT2D eigenvalue weighted by atomic mass is 10.2. The van der Waals surface area contributed by atoms with Gasteiger partial charge in [0.15, 0.2) is 0 Å². The third-order valence-electron chi connectivity index (χ3n) is 2.92. The summed E-state index contributed by atoms with van der Waals surface area (Å²) in [6, 6.07) is 6.46. The zero-order chi connectivity index (χ0) is 13.5. The van der Waals surface area contributed by atoms with Gasteiger partial charge in [-0.2, -0.15) is 0 Å². The van der Waals surface area contributed by atoms with Crippen molar-refractivity contribution in [2.75, 3.05) is 18.9 Å². The monoisotopic (exact) mass is 283 g/mol. The number of rotatable bonds is 6. The lowest BCUT2D eigenvalue weighted by Crippen LogP contribution is -2.34. The van der Waals surface area contributed by atoms with Crippen molar-refractivity contribution in [3.63, 3.8) is 0 Å². The molecule has 104 valence electrons. The van der Waals surface area contributed by atoms with E-state index < -0.39 is 0 Å². The molecule has 1 N–H and O–H groups in total. The topological polar surface area (TPSA) is 38.3 Å². The van der Waals surface area contributed by atoms with Crippen molar-refractivity contribution in [3.05, 3.63) is 30.1 Å². The summed E-state index contributed by atoms with van der Waals surface area (Å²) in [7, 11) is 0. The van der Waals surface area contributed by atoms with E-state index >= 15 is 0 Å². The minimum Gasteiger partial charge on any atom is -0.368 e. The van der Waals surface area contributed by atoms with Crippen molar-refractivity contribution < 1.29 is 13.9 Å². The molecule has 1 saturated heterocycles. The van der Waals surface area contributed by atoms with E-state index in [4.69, 9.17) is 4.74 Å². The Labute approximate surface area is 116 Å². The van der Waals surface area contributed by atoms with Gasteiger partial charge in [0, 0.05) is 18.0 Å². The van der Waals surface area contributed by atoms with E-state index in [1.54, 1.807) is 23.9 Å². The highest BCUT2D eigenvalue weighted by Gasteiger charge is 2.22. The predicted molar refractivity (Wildman–Crippen MR) is 73.7 cm³/mol. The van der Waals surface area contributed by atoms with Crippen molar-refractivity contribution in [2.45, 2.75) is 30.3 Å². The highest BCUT2D eigenvalue weighted by Crippen LogP contribution is 2.18. The number of carbonyl (C=O) groups excluding carboxylic acids is 1. The van der Waals surface area contributed by atoms with Crippen LogP contribution in [0.5, 0.6) is 0 Å². The van der Waals surface area contributed by atoms with E-state index in [0.717, 1.165) is 29.9 Å². The number of benzene rings is 1. The summed E-state index contributed by atoms with van der Waals surface area (Å²) in [6.07, 6.45) is 2.44. The van der Waals surface area contributed by atoms with Crippen LogP contribution < -0.4 is 5.32 Å². The molecule has 0 aromatic heterocycles. The summed E-state index contributed by atoms with van der Waals surface area (Å²) in [5, 5.41) is 2.88. The average Bonchev–Trinajstić information content (AvgIpc) is 2.94. The van der Waals surface area contributed by atoms with E-state index in [1.165, 1.54) is 12.1 Å². The molecule has 1 amide bonds. The van der Waals surface area contributed by atoms with Crippen LogP contribution >= 0.6 is 11.8 Å². The fourth-order valence-corrected chi connectivity index (χ4v) is 2.76. The largest absolute Gasteiger partial charge is 0.368 e. The zero-order valence-electron chi connectivity index (χ0n) is 10.7. The molecule has 0 spiro atoms. The molecule has 1 aromatic carbocycles. The molecule has 5 heteroatoms. The smallest absolute Gasteiger partial charge is 0.249 e. The fourth-order valence-electron chi connectivity index (χ4n) is 1.90. The number of hydrogen-bond donors (Lipinski definition) is 1. The van der Waals surface area contributed by atoms with Gasteiger partial charge in [-0.3, -0.25) is 4.79 Å². The number of nitrogens with one attached hydrogen (secondary N) is 1. The van der Waals surface area contributed by atoms with E-state index in [-0.39, 0.29) is 17.8 Å². The maximum Gasteiger partial charge on any atom is 0.249 e. The molecule has 3 nitrogen and oxygen atoms in total. The Morgan fingerprint density at radius 3 is 2.89 bits per heavy atom. The highest BCUT2D eigenvalue weighted by atomic mass is 32.2. The van der Waals surface area contributed by atoms with Crippen molar-refractivity contribution in [1.82, 2.24) is 5.32 Å². The molecule has 1 atom stereocenters. The Balaban J connectivity index is 1.56. The first-order valence-corrected chi connectivity index (χ1v) is 7.52. The second-order valence-corrected chi connectivity index (χ2v) is 5.62. The number of amides is 1. The van der Waals surface area contributed by atoms with E-state index in [1.807, 2.05) is 0 Å². The Bertz CT molecular complexity index is 404. The molecule has 1 heterocycles. The van der Waals surface area contributed by atoms with Crippen LogP contribution in [0.1, 0.15) is 19.3 Å². The van der Waals surface area contributed by atoms with Gasteiger partial charge in [-0.1, -0.05) is 0 Å². The van der Waals surface area contributed by atoms with Crippen LogP contribution in [0.3, 0.4) is 0 Å². The van der Waals surface area contributed by atoms with Gasteiger partial charge in [-0.25, -0.2) is 4.39 Å². The Morgan fingerprint density at radius 1 is 1.42 bits per heavy atom. The second kappa shape index (κ2) is 7.50. The normalized spacial score (nSPS) is 18.5. The van der Waals surface area contributed by atoms with Crippen LogP contribution in [0.15, 0.2) is 29.2 Å². The van der Waals surface area contributed by atoms with Gasteiger partial charge in [0.25, 0.3) is 0 Å². The number of halogens is 1. The lowest BCUT2D eigenvalue weighted by Gasteiger charge is -2.10. The second-order valence-electron chi connectivity index (χ2n) is 4.45. The minimum atomic E-state index is -0.246. The molecular formula is C14H18FNO2S. The van der Waals surface area contributed by atoms with Crippen molar-refractivity contribution in [2.24, 2.45) is 0 Å². The molecule has 2 rings (SSSR count). The number of hydrogen-bond acceptors (Lipinski definition) is 3. The van der Waals surface area contributed by atoms with Gasteiger partial charge in [0.2, 0.25) is 5.91 Å². The van der Waals surface area contributed by atoms with Crippen LogP contribution in [0, 0.1) is 5.82 Å². The average molecular weight is 283 g/mol. The third-order valence-corrected chi connectivity index (χ3v) is 4.02. The molecule has 0 radical (unpaired) electrons. The van der Waals surface area contributed by atoms with Gasteiger partial charge in [-0.15, -0.1) is 11.8 Å². The lowest BCUT2D eigenvalue weighted by molar-refractivity contribution is -0.130. The fraction of sp³-hybridized carbons (Fsp3) is 0.500. The van der Waals surface area contributed by atoms with Gasteiger partial charge in [-0.05, 0) is 49.3 Å². The Morgan fingerprint density at radius 2 is 2.21 bits per heavy atom. The number of thioether (sulfide) groups is 1. The summed E-state index contributed by atoms with van der Waals surface area (Å²) in [5.74, 6) is 0.690. The third kappa shape index (κ3) is 4.84. The standard InChI is InChI=1S/C14H18FNO2S/c15-11-4-6-12(7-5-11)19-10-2-8-16-14(17)13-3-1-9-18-13/h4-7,13H,1-3,8-10H2,(H,16,17). The molecule has 1 unspecified atom stereocenters. The summed E-state index contributed by atoms with van der Waals surface area (Å²) in [4.78, 5) is 12.7. The summed E-state index contributed by atoms with van der Waals surface area (Å²) in [5.41, 5.74) is 0. The molecule has 0 aliphatic carbocycles. The van der Waals surface area contributed by atoms with Gasteiger partial charge in [0.05, 0.1) is 0 Å². The molecular weight excluding hydrogens is 265 g/mol. The number of carbonyl (C=O) groups is 1. The van der Waals surface area contributed by atoms with E-state index in [0.29, 0.717) is 13.2 Å². The van der Waals surface area contributed by atoms with Gasteiger partial charge in [0.1, 0.15) is 11.9 Å². The van der Waals surface area contributed by atoms with Crippen LogP contribution in [-0.4, -0.2) is 30.9 Å². The van der Waals surface area contributed by atoms with Crippen LogP contribution in [-0.2, 0) is 9.53 Å². The minimum absolute atomic E-state index is 0.00396. The Kier molecular flexibility index (Phi) is 5.66. The van der Waals surface area contributed by atoms with Crippen molar-refractivity contribution in [3.8, 4) is 0 Å². The molecule has 19 heavy (non-hydrogen) atoms. The zero-order valence-corrected chi connectivity index (χ0v) is 11.5. The highest BCUT2D eigenvalue weighted by molar-refractivity contribution is 7.99. The van der Waals surface area contributed by atoms with E-state index in [2.05, 4.69) is 5.32 Å². The quantitative estimate of drug-likeness (QED) is 0.644. The summed E-state index contributed by atoms with van der Waals surface area (Å²) < 4.78 is 18.0. The predicted octanol–water partition coefficient (Wildman–Crippen LogP) is 2.60. The first kappa shape index (κ1) is 14.3. The van der Waals surface area contributed by atoms with Crippen molar-refractivity contribution >= 4 is 17.7 Å². The summed E-state index contributed by atoms with van der Waals surface area (Å²) in [6.45, 7) is 1.35. The number of ether oxygens (including phenoxy) is 1. The van der Waals surface area contributed by atoms with Gasteiger partial charge < -0.3 is 10.1 Å². The molecule has 1 fully saturated rings. The first-order valence-electron chi connectivity index (χ1n) is 6.53. The molecule has 1 aliphatic rings. The molecule has 1 aromatic rings. The SMILES string of the molecule is O=C(NCCCSc1ccc(F)cc1)C1CCCO1. The van der Waals surface area contributed by atoms with Crippen molar-refractivity contribution in [1.29, 1.82) is 0 Å². The maximum atomic E-state index is 12.7. The van der Waals surface area contributed by atoms with Crippen LogP contribution in [0.2, 0.25) is 0 Å². The maximum absolute atomic E-state index is 12.7. The van der Waals surface area contributed by atoms with Gasteiger partial charge >= 0.3 is 0 Å². The van der Waals surface area contributed by atoms with Crippen LogP contribution in [0.25, 0.3) is 0 Å². The summed E-state index contributed by atoms with van der Waals surface area (Å²) >= 11 is 1.66. The van der Waals surface area contributed by atoms with E-state index in [9.17, 15) is 9.18 Å². The molecule has 0 saturated carbocycles. The Hall–Kier alpha value is -1.07. The van der Waals surface area contributed by atoms with Crippen LogP contribution in [0.4, 0.5) is 4.39 Å². The molecule has 1 aliphatic heterocycles. The first-order chi connectivity index (χ1) is 9.25. The molecule has 0 bridgehead atoms.